The van der Waals surface area contributed by atoms with Gasteiger partial charge >= 0.3 is 0 Å². The van der Waals surface area contributed by atoms with E-state index in [1.54, 1.807) is 42.5 Å². The molecule has 0 aliphatic rings. The number of nitrogen functional groups attached to an aromatic ring is 1. The maximum Gasteiger partial charge on any atom is 0.269 e. The third-order valence-corrected chi connectivity index (χ3v) is 2.62. The fourth-order valence-corrected chi connectivity index (χ4v) is 1.81. The summed E-state index contributed by atoms with van der Waals surface area (Å²) in [4.78, 5) is 0. The summed E-state index contributed by atoms with van der Waals surface area (Å²) in [6.07, 6.45) is 0. The number of nitrogens with two attached hydrogens (primary N) is 1. The van der Waals surface area contributed by atoms with Gasteiger partial charge in [0.15, 0.2) is 0 Å². The van der Waals surface area contributed by atoms with Gasteiger partial charge in [-0.3, -0.25) is 4.55 Å². The van der Waals surface area contributed by atoms with Gasteiger partial charge in [-0.1, -0.05) is 36.0 Å². The zero-order chi connectivity index (χ0) is 13.4. The third kappa shape index (κ3) is 9.40. The van der Waals surface area contributed by atoms with Crippen LogP contribution in [-0.4, -0.2) is 13.0 Å². The van der Waals surface area contributed by atoms with Crippen LogP contribution in [0.2, 0.25) is 0 Å². The standard InChI is InChI=1S/C7H8O3S.C6H6N.Pd/c8-11(9,10)6-7-4-2-1-3-5-7;7-6-4-2-1-3-5-6;/h1-5H,6H2,(H,8,9,10);1-4H,7H2;/q;-1;. The summed E-state index contributed by atoms with van der Waals surface area (Å²) in [5.41, 5.74) is 6.59. The van der Waals surface area contributed by atoms with E-state index in [9.17, 15) is 8.42 Å². The maximum absolute atomic E-state index is 10.4. The van der Waals surface area contributed by atoms with Gasteiger partial charge in [0.05, 0.1) is 0 Å². The second-order valence-corrected chi connectivity index (χ2v) is 4.98. The van der Waals surface area contributed by atoms with E-state index in [0.29, 0.717) is 11.3 Å². The quantitative estimate of drug-likeness (QED) is 0.367. The van der Waals surface area contributed by atoms with Gasteiger partial charge in [-0.05, 0) is 5.56 Å². The second kappa shape index (κ2) is 8.84. The minimum Gasteiger partial charge on any atom is -0.420 e. The average molecular weight is 371 g/mol. The Labute approximate surface area is 127 Å². The van der Waals surface area contributed by atoms with Crippen LogP contribution in [0.15, 0.2) is 54.6 Å². The number of benzene rings is 2. The van der Waals surface area contributed by atoms with Crippen LogP contribution in [0.25, 0.3) is 0 Å². The Hall–Kier alpha value is -1.19. The van der Waals surface area contributed by atoms with Crippen molar-refractivity contribution in [3.63, 3.8) is 0 Å². The normalized spacial score (nSPS) is 9.74. The van der Waals surface area contributed by atoms with Crippen molar-refractivity contribution >= 4 is 15.8 Å². The van der Waals surface area contributed by atoms with Gasteiger partial charge in [-0.15, -0.1) is 6.07 Å². The van der Waals surface area contributed by atoms with E-state index in [2.05, 4.69) is 6.07 Å². The van der Waals surface area contributed by atoms with Gasteiger partial charge in [0.25, 0.3) is 10.1 Å². The number of rotatable bonds is 2. The van der Waals surface area contributed by atoms with Crippen LogP contribution in [0.1, 0.15) is 5.56 Å². The van der Waals surface area contributed by atoms with E-state index in [0.717, 1.165) is 0 Å². The molecule has 0 heterocycles. The van der Waals surface area contributed by atoms with Crippen molar-refractivity contribution in [2.24, 2.45) is 0 Å². The molecular weight excluding hydrogens is 357 g/mol. The molecule has 0 saturated heterocycles. The Morgan fingerprint density at radius 2 is 1.63 bits per heavy atom. The summed E-state index contributed by atoms with van der Waals surface area (Å²) in [6, 6.07) is 18.7. The van der Waals surface area contributed by atoms with Gasteiger partial charge in [0.1, 0.15) is 5.75 Å². The predicted octanol–water partition coefficient (Wildman–Crippen LogP) is 2.14. The first-order valence-corrected chi connectivity index (χ1v) is 6.79. The van der Waals surface area contributed by atoms with Crippen molar-refractivity contribution in [1.29, 1.82) is 0 Å². The first-order chi connectivity index (χ1) is 8.47. The molecule has 0 fully saturated rings. The Kier molecular flexibility index (Phi) is 8.28. The third-order valence-electron chi connectivity index (χ3n) is 1.93. The van der Waals surface area contributed by atoms with Gasteiger partial charge in [0, 0.05) is 20.4 Å². The summed E-state index contributed by atoms with van der Waals surface area (Å²) >= 11 is 0. The molecule has 2 aromatic carbocycles. The molecule has 0 aliphatic heterocycles. The summed E-state index contributed by atoms with van der Waals surface area (Å²) in [6.45, 7) is 0. The molecule has 0 aliphatic carbocycles. The molecule has 19 heavy (non-hydrogen) atoms. The van der Waals surface area contributed by atoms with E-state index < -0.39 is 10.1 Å². The van der Waals surface area contributed by atoms with Crippen LogP contribution < -0.4 is 5.73 Å². The van der Waals surface area contributed by atoms with Crippen molar-refractivity contribution < 1.29 is 33.4 Å². The van der Waals surface area contributed by atoms with E-state index in [-0.39, 0.29) is 26.2 Å². The van der Waals surface area contributed by atoms with Crippen LogP contribution in [0.3, 0.4) is 0 Å². The number of para-hydroxylation sites is 1. The van der Waals surface area contributed by atoms with Gasteiger partial charge in [-0.25, -0.2) is 0 Å². The molecule has 3 N–H and O–H groups in total. The van der Waals surface area contributed by atoms with Crippen molar-refractivity contribution in [2.45, 2.75) is 5.75 Å². The SMILES string of the molecule is Nc1[c-]cccc1.O=S(=O)(O)Cc1ccccc1.[Pd]. The zero-order valence-corrected chi connectivity index (χ0v) is 12.3. The van der Waals surface area contributed by atoms with E-state index in [1.165, 1.54) is 0 Å². The van der Waals surface area contributed by atoms with Gasteiger partial charge < -0.3 is 5.73 Å². The molecule has 2 aromatic rings. The average Bonchev–Trinajstić information content (AvgIpc) is 2.30. The minimum absolute atomic E-state index is 0. The number of hydrogen-bond acceptors (Lipinski definition) is 3. The van der Waals surface area contributed by atoms with Gasteiger partial charge in [0.2, 0.25) is 0 Å². The van der Waals surface area contributed by atoms with Gasteiger partial charge in [-0.2, -0.15) is 32.7 Å². The van der Waals surface area contributed by atoms with E-state index in [1.807, 2.05) is 12.1 Å². The second-order valence-electron chi connectivity index (χ2n) is 3.53. The molecule has 106 valence electrons. The molecule has 0 atom stereocenters. The molecule has 0 spiro atoms. The molecule has 0 aromatic heterocycles. The van der Waals surface area contributed by atoms with Crippen molar-refractivity contribution in [3.05, 3.63) is 66.2 Å². The molecule has 0 saturated carbocycles. The summed E-state index contributed by atoms with van der Waals surface area (Å²) in [5.74, 6) is -0.312. The number of hydrogen-bond donors (Lipinski definition) is 2. The minimum atomic E-state index is -3.88. The van der Waals surface area contributed by atoms with Crippen LogP contribution in [0, 0.1) is 6.07 Å². The Morgan fingerprint density at radius 1 is 1.05 bits per heavy atom. The van der Waals surface area contributed by atoms with Crippen LogP contribution in [-0.2, 0) is 36.3 Å². The molecular formula is C13H14NO3PdS-. The van der Waals surface area contributed by atoms with E-state index in [4.69, 9.17) is 10.3 Å². The number of anilines is 1. The van der Waals surface area contributed by atoms with Crippen LogP contribution in [0.4, 0.5) is 5.69 Å². The molecule has 2 rings (SSSR count). The summed E-state index contributed by atoms with van der Waals surface area (Å²) in [5, 5.41) is 0. The van der Waals surface area contributed by atoms with Crippen molar-refractivity contribution in [2.75, 3.05) is 5.73 Å². The Bertz CT molecular complexity index is 559. The van der Waals surface area contributed by atoms with Crippen molar-refractivity contribution in [1.82, 2.24) is 0 Å². The fourth-order valence-electron chi connectivity index (χ4n) is 1.19. The predicted molar refractivity (Wildman–Crippen MR) is 71.4 cm³/mol. The molecule has 4 nitrogen and oxygen atoms in total. The van der Waals surface area contributed by atoms with Crippen LogP contribution in [0.5, 0.6) is 0 Å². The summed E-state index contributed by atoms with van der Waals surface area (Å²) in [7, 11) is -3.88. The van der Waals surface area contributed by atoms with E-state index >= 15 is 0 Å². The van der Waals surface area contributed by atoms with Crippen molar-refractivity contribution in [3.8, 4) is 0 Å². The summed E-state index contributed by atoms with van der Waals surface area (Å²) < 4.78 is 29.2. The topological polar surface area (TPSA) is 80.4 Å². The van der Waals surface area contributed by atoms with Crippen LogP contribution >= 0.6 is 0 Å². The smallest absolute Gasteiger partial charge is 0.269 e. The maximum atomic E-state index is 10.4. The fraction of sp³-hybridized carbons (Fsp3) is 0.0769. The molecule has 6 heteroatoms. The monoisotopic (exact) mass is 370 g/mol. The molecule has 0 unspecified atom stereocenters. The molecule has 0 bridgehead atoms. The first kappa shape index (κ1) is 17.8. The Morgan fingerprint density at radius 3 is 2.00 bits per heavy atom. The molecule has 0 amide bonds. The molecule has 0 radical (unpaired) electrons. The zero-order valence-electron chi connectivity index (χ0n) is 9.97. The Balaban J connectivity index is 0.000000352. The first-order valence-electron chi connectivity index (χ1n) is 5.18. The largest absolute Gasteiger partial charge is 0.420 e.